The number of aliphatic hydroxyl groups is 1. The summed E-state index contributed by atoms with van der Waals surface area (Å²) < 4.78 is 10.9. The number of nitrogens with zero attached hydrogens (tertiary/aromatic N) is 1. The zero-order valence-corrected chi connectivity index (χ0v) is 14.3. The predicted molar refractivity (Wildman–Crippen MR) is 90.6 cm³/mol. The molecule has 0 saturated heterocycles. The van der Waals surface area contributed by atoms with Crippen LogP contribution in [0.25, 0.3) is 0 Å². The number of rotatable bonds is 5. The van der Waals surface area contributed by atoms with E-state index in [1.165, 1.54) is 11.0 Å². The Balaban J connectivity index is 2.06. The molecule has 1 aliphatic rings. The van der Waals surface area contributed by atoms with Crippen molar-refractivity contribution < 1.29 is 23.8 Å². The molecule has 2 heterocycles. The number of carbonyl (C=O) groups excluding carboxylic acids is 2. The Morgan fingerprint density at radius 2 is 2.08 bits per heavy atom. The number of aryl methyl sites for hydroxylation is 1. The molecule has 1 atom stereocenters. The molecule has 6 heteroatoms. The lowest BCUT2D eigenvalue weighted by Gasteiger charge is -2.22. The van der Waals surface area contributed by atoms with Gasteiger partial charge in [0.15, 0.2) is 11.5 Å². The van der Waals surface area contributed by atoms with Gasteiger partial charge in [0.1, 0.15) is 11.5 Å². The van der Waals surface area contributed by atoms with E-state index >= 15 is 0 Å². The normalized spacial score (nSPS) is 17.3. The minimum absolute atomic E-state index is 0.00972. The molecule has 1 aliphatic heterocycles. The van der Waals surface area contributed by atoms with Gasteiger partial charge in [-0.3, -0.25) is 9.59 Å². The second-order valence-corrected chi connectivity index (χ2v) is 5.83. The molecule has 1 amide bonds. The quantitative estimate of drug-likeness (QED) is 0.845. The minimum atomic E-state index is -0.703. The van der Waals surface area contributed by atoms with Gasteiger partial charge in [0, 0.05) is 7.05 Å². The highest BCUT2D eigenvalue weighted by Crippen LogP contribution is 2.38. The van der Waals surface area contributed by atoms with E-state index in [1.54, 1.807) is 44.3 Å². The summed E-state index contributed by atoms with van der Waals surface area (Å²) in [6.07, 6.45) is 0. The summed E-state index contributed by atoms with van der Waals surface area (Å²) in [5.74, 6) is -0.348. The van der Waals surface area contributed by atoms with Crippen molar-refractivity contribution in [1.29, 1.82) is 0 Å². The lowest BCUT2D eigenvalue weighted by Crippen LogP contribution is -2.26. The lowest BCUT2D eigenvalue weighted by molar-refractivity contribution is -0.128. The van der Waals surface area contributed by atoms with Crippen LogP contribution in [-0.2, 0) is 4.79 Å². The minimum Gasteiger partial charge on any atom is -0.503 e. The molecule has 0 spiro atoms. The van der Waals surface area contributed by atoms with E-state index in [0.717, 1.165) is 0 Å². The highest BCUT2D eigenvalue weighted by molar-refractivity contribution is 6.14. The van der Waals surface area contributed by atoms with E-state index in [4.69, 9.17) is 9.15 Å². The van der Waals surface area contributed by atoms with Gasteiger partial charge < -0.3 is 19.2 Å². The molecule has 1 unspecified atom stereocenters. The lowest BCUT2D eigenvalue weighted by atomic mass is 9.95. The molecule has 3 rings (SSSR count). The van der Waals surface area contributed by atoms with Gasteiger partial charge in [-0.1, -0.05) is 12.1 Å². The van der Waals surface area contributed by atoms with Crippen LogP contribution in [0, 0.1) is 6.92 Å². The van der Waals surface area contributed by atoms with Crippen molar-refractivity contribution in [3.05, 3.63) is 64.8 Å². The van der Waals surface area contributed by atoms with Gasteiger partial charge in [-0.25, -0.2) is 0 Å². The van der Waals surface area contributed by atoms with Crippen LogP contribution >= 0.6 is 0 Å². The molecule has 0 fully saturated rings. The smallest absolute Gasteiger partial charge is 0.289 e. The van der Waals surface area contributed by atoms with Crippen molar-refractivity contribution >= 4 is 11.7 Å². The summed E-state index contributed by atoms with van der Waals surface area (Å²) in [6, 6.07) is 9.63. The zero-order chi connectivity index (χ0) is 18.1. The SMILES string of the molecule is CCOc1cccc(C2C(C(=O)c3ccc(C)o3)=C(O)C(=O)N2C)c1. The van der Waals surface area contributed by atoms with Crippen LogP contribution in [0.4, 0.5) is 0 Å². The Morgan fingerprint density at radius 1 is 1.32 bits per heavy atom. The van der Waals surface area contributed by atoms with Crippen molar-refractivity contribution in [2.75, 3.05) is 13.7 Å². The standard InChI is InChI=1S/C19H19NO5/c1-4-24-13-7-5-6-12(10-13)16-15(18(22)19(23)20(16)3)17(21)14-9-8-11(2)25-14/h5-10,16,22H,4H2,1-3H3. The number of ketones is 1. The van der Waals surface area contributed by atoms with E-state index < -0.39 is 23.5 Å². The molecule has 1 aromatic carbocycles. The van der Waals surface area contributed by atoms with Crippen LogP contribution in [0.3, 0.4) is 0 Å². The van der Waals surface area contributed by atoms with Crippen molar-refractivity contribution in [3.8, 4) is 5.75 Å². The number of carbonyl (C=O) groups is 2. The number of ether oxygens (including phenoxy) is 1. The fourth-order valence-electron chi connectivity index (χ4n) is 2.98. The molecule has 25 heavy (non-hydrogen) atoms. The van der Waals surface area contributed by atoms with Gasteiger partial charge in [0.05, 0.1) is 18.2 Å². The number of amides is 1. The Labute approximate surface area is 145 Å². The van der Waals surface area contributed by atoms with E-state index in [-0.39, 0.29) is 11.3 Å². The van der Waals surface area contributed by atoms with Crippen LogP contribution in [0.5, 0.6) is 5.75 Å². The van der Waals surface area contributed by atoms with E-state index in [2.05, 4.69) is 0 Å². The number of hydrogen-bond donors (Lipinski definition) is 1. The van der Waals surface area contributed by atoms with Crippen LogP contribution < -0.4 is 4.74 Å². The second-order valence-electron chi connectivity index (χ2n) is 5.83. The van der Waals surface area contributed by atoms with Crippen LogP contribution in [0.15, 0.2) is 52.1 Å². The Hall–Kier alpha value is -3.02. The maximum atomic E-state index is 12.8. The number of hydrogen-bond acceptors (Lipinski definition) is 5. The first kappa shape index (κ1) is 16.8. The molecular formula is C19H19NO5. The summed E-state index contributed by atoms with van der Waals surface area (Å²) in [5, 5.41) is 10.3. The van der Waals surface area contributed by atoms with Gasteiger partial charge in [0.25, 0.3) is 5.91 Å². The van der Waals surface area contributed by atoms with Crippen LogP contribution in [0.1, 0.15) is 34.8 Å². The molecule has 0 saturated carbocycles. The van der Waals surface area contributed by atoms with E-state index in [1.807, 2.05) is 6.92 Å². The van der Waals surface area contributed by atoms with Gasteiger partial charge in [0.2, 0.25) is 5.78 Å². The Kier molecular flexibility index (Phi) is 4.35. The summed E-state index contributed by atoms with van der Waals surface area (Å²) in [5.41, 5.74) is 0.688. The average Bonchev–Trinajstić information content (AvgIpc) is 3.12. The molecule has 2 aromatic rings. The Bertz CT molecular complexity index is 864. The summed E-state index contributed by atoms with van der Waals surface area (Å²) in [4.78, 5) is 26.4. The van der Waals surface area contributed by atoms with Crippen molar-refractivity contribution in [1.82, 2.24) is 4.90 Å². The molecule has 6 nitrogen and oxygen atoms in total. The fourth-order valence-corrected chi connectivity index (χ4v) is 2.98. The Morgan fingerprint density at radius 3 is 2.72 bits per heavy atom. The molecule has 1 aromatic heterocycles. The molecule has 0 radical (unpaired) electrons. The summed E-state index contributed by atoms with van der Waals surface area (Å²) >= 11 is 0. The monoisotopic (exact) mass is 341 g/mol. The summed E-state index contributed by atoms with van der Waals surface area (Å²) in [7, 11) is 1.55. The highest BCUT2D eigenvalue weighted by Gasteiger charge is 2.42. The zero-order valence-electron chi connectivity index (χ0n) is 14.3. The maximum Gasteiger partial charge on any atom is 0.289 e. The van der Waals surface area contributed by atoms with Gasteiger partial charge >= 0.3 is 0 Å². The van der Waals surface area contributed by atoms with E-state index in [9.17, 15) is 14.7 Å². The van der Waals surface area contributed by atoms with Crippen molar-refractivity contribution in [3.63, 3.8) is 0 Å². The molecule has 0 aliphatic carbocycles. The highest BCUT2D eigenvalue weighted by atomic mass is 16.5. The molecule has 1 N–H and O–H groups in total. The number of Topliss-reactive ketones (excluding diaryl/α,β-unsaturated/α-hetero) is 1. The third-order valence-electron chi connectivity index (χ3n) is 4.13. The number of aliphatic hydroxyl groups excluding tert-OH is 1. The van der Waals surface area contributed by atoms with Gasteiger partial charge in [-0.2, -0.15) is 0 Å². The first-order chi connectivity index (χ1) is 11.9. The van der Waals surface area contributed by atoms with Gasteiger partial charge in [-0.05, 0) is 43.7 Å². The third-order valence-corrected chi connectivity index (χ3v) is 4.13. The first-order valence-corrected chi connectivity index (χ1v) is 7.98. The first-order valence-electron chi connectivity index (χ1n) is 7.98. The number of furan rings is 1. The average molecular weight is 341 g/mol. The van der Waals surface area contributed by atoms with Crippen LogP contribution in [-0.4, -0.2) is 35.4 Å². The maximum absolute atomic E-state index is 12.8. The predicted octanol–water partition coefficient (Wildman–Crippen LogP) is 3.19. The topological polar surface area (TPSA) is 80.0 Å². The van der Waals surface area contributed by atoms with Gasteiger partial charge in [-0.15, -0.1) is 0 Å². The molecular weight excluding hydrogens is 322 g/mol. The van der Waals surface area contributed by atoms with Crippen molar-refractivity contribution in [2.45, 2.75) is 19.9 Å². The summed E-state index contributed by atoms with van der Waals surface area (Å²) in [6.45, 7) is 4.10. The molecule has 130 valence electrons. The van der Waals surface area contributed by atoms with Crippen molar-refractivity contribution in [2.24, 2.45) is 0 Å². The second kappa shape index (κ2) is 6.47. The van der Waals surface area contributed by atoms with Crippen LogP contribution in [0.2, 0.25) is 0 Å². The third kappa shape index (κ3) is 2.91. The number of benzene rings is 1. The van der Waals surface area contributed by atoms with E-state index in [0.29, 0.717) is 23.7 Å². The fraction of sp³-hybridized carbons (Fsp3) is 0.263. The largest absolute Gasteiger partial charge is 0.503 e. The number of likely N-dealkylation sites (N-methyl/N-ethyl adjacent to an activating group) is 1. The molecule has 0 bridgehead atoms.